The molecule has 1 amide bonds. The third-order valence-electron chi connectivity index (χ3n) is 4.94. The van der Waals surface area contributed by atoms with Crippen molar-refractivity contribution in [3.8, 4) is 5.75 Å². The maximum atomic E-state index is 13.4. The zero-order valence-corrected chi connectivity index (χ0v) is 17.1. The Labute approximate surface area is 179 Å². The van der Waals surface area contributed by atoms with Crippen molar-refractivity contribution in [2.24, 2.45) is 5.10 Å². The van der Waals surface area contributed by atoms with E-state index in [0.717, 1.165) is 27.6 Å². The topological polar surface area (TPSA) is 55.6 Å². The standard InChI is InChI=1S/C25H22FN3O2/c1-31-23-7-3-4-18(14-23)15-25(30)28-27-16-19-8-9-24-21(12-19)10-11-29(24)17-20-5-2-6-22(26)13-20/h2-14,16H,15,17H2,1H3,(H,28,30)/b27-16-. The second-order valence-corrected chi connectivity index (χ2v) is 7.21. The summed E-state index contributed by atoms with van der Waals surface area (Å²) in [5.74, 6) is 0.277. The van der Waals surface area contributed by atoms with Gasteiger partial charge in [0, 0.05) is 23.6 Å². The lowest BCUT2D eigenvalue weighted by Crippen LogP contribution is -2.19. The molecule has 0 radical (unpaired) electrons. The van der Waals surface area contributed by atoms with Crippen LogP contribution in [0, 0.1) is 5.82 Å². The van der Waals surface area contributed by atoms with E-state index >= 15 is 0 Å². The number of carbonyl (C=O) groups excluding carboxylic acids is 1. The molecule has 0 saturated carbocycles. The molecule has 6 heteroatoms. The average molecular weight is 415 g/mol. The molecule has 5 nitrogen and oxygen atoms in total. The quantitative estimate of drug-likeness (QED) is 0.356. The predicted molar refractivity (Wildman–Crippen MR) is 120 cm³/mol. The lowest BCUT2D eigenvalue weighted by atomic mass is 10.1. The van der Waals surface area contributed by atoms with Gasteiger partial charge < -0.3 is 9.30 Å². The minimum Gasteiger partial charge on any atom is -0.497 e. The largest absolute Gasteiger partial charge is 0.497 e. The molecule has 4 rings (SSSR count). The average Bonchev–Trinajstić information content (AvgIpc) is 3.16. The number of aromatic nitrogens is 1. The first-order valence-electron chi connectivity index (χ1n) is 9.89. The zero-order chi connectivity index (χ0) is 21.6. The molecule has 4 aromatic rings. The van der Waals surface area contributed by atoms with Crippen LogP contribution in [0.25, 0.3) is 10.9 Å². The maximum absolute atomic E-state index is 13.4. The molecule has 31 heavy (non-hydrogen) atoms. The van der Waals surface area contributed by atoms with E-state index in [9.17, 15) is 9.18 Å². The molecule has 0 aliphatic carbocycles. The van der Waals surface area contributed by atoms with Crippen LogP contribution in [0.5, 0.6) is 5.75 Å². The summed E-state index contributed by atoms with van der Waals surface area (Å²) < 4.78 is 20.7. The number of benzene rings is 3. The number of ether oxygens (including phenoxy) is 1. The fourth-order valence-corrected chi connectivity index (χ4v) is 3.45. The van der Waals surface area contributed by atoms with Crippen molar-refractivity contribution < 1.29 is 13.9 Å². The molecule has 0 fully saturated rings. The molecule has 0 aliphatic heterocycles. The van der Waals surface area contributed by atoms with E-state index in [2.05, 4.69) is 15.1 Å². The Kier molecular flexibility index (Phi) is 6.08. The van der Waals surface area contributed by atoms with E-state index in [-0.39, 0.29) is 18.1 Å². The van der Waals surface area contributed by atoms with Crippen molar-refractivity contribution in [3.05, 3.63) is 102 Å². The van der Waals surface area contributed by atoms with E-state index in [1.807, 2.05) is 60.8 Å². The van der Waals surface area contributed by atoms with E-state index in [4.69, 9.17) is 4.74 Å². The molecule has 1 heterocycles. The molecule has 1 aromatic heterocycles. The van der Waals surface area contributed by atoms with E-state index in [0.29, 0.717) is 12.3 Å². The van der Waals surface area contributed by atoms with Crippen LogP contribution in [-0.4, -0.2) is 23.8 Å². The smallest absolute Gasteiger partial charge is 0.244 e. The van der Waals surface area contributed by atoms with E-state index in [1.54, 1.807) is 25.5 Å². The van der Waals surface area contributed by atoms with Gasteiger partial charge in [0.2, 0.25) is 5.91 Å². The number of halogens is 1. The zero-order valence-electron chi connectivity index (χ0n) is 17.1. The van der Waals surface area contributed by atoms with Crippen LogP contribution in [0.3, 0.4) is 0 Å². The van der Waals surface area contributed by atoms with Gasteiger partial charge in [-0.25, -0.2) is 9.82 Å². The molecule has 3 aromatic carbocycles. The highest BCUT2D eigenvalue weighted by molar-refractivity contribution is 5.90. The van der Waals surface area contributed by atoms with Crippen LogP contribution in [-0.2, 0) is 17.8 Å². The number of hydrogen-bond donors (Lipinski definition) is 1. The van der Waals surface area contributed by atoms with Gasteiger partial charge in [-0.2, -0.15) is 5.10 Å². The molecule has 0 bridgehead atoms. The van der Waals surface area contributed by atoms with Gasteiger partial charge in [-0.1, -0.05) is 30.3 Å². The van der Waals surface area contributed by atoms with Crippen molar-refractivity contribution in [2.75, 3.05) is 7.11 Å². The number of amides is 1. The molecular formula is C25H22FN3O2. The van der Waals surface area contributed by atoms with Gasteiger partial charge in [-0.15, -0.1) is 0 Å². The highest BCUT2D eigenvalue weighted by Crippen LogP contribution is 2.19. The first kappa shape index (κ1) is 20.3. The predicted octanol–water partition coefficient (Wildman–Crippen LogP) is 4.53. The Morgan fingerprint density at radius 3 is 2.74 bits per heavy atom. The van der Waals surface area contributed by atoms with Gasteiger partial charge >= 0.3 is 0 Å². The fourth-order valence-electron chi connectivity index (χ4n) is 3.45. The Hall–Kier alpha value is -3.93. The van der Waals surface area contributed by atoms with Gasteiger partial charge in [0.05, 0.1) is 19.7 Å². The molecule has 1 N–H and O–H groups in total. The minimum absolute atomic E-state index is 0.202. The van der Waals surface area contributed by atoms with Gasteiger partial charge in [-0.3, -0.25) is 4.79 Å². The maximum Gasteiger partial charge on any atom is 0.244 e. The second-order valence-electron chi connectivity index (χ2n) is 7.21. The van der Waals surface area contributed by atoms with Crippen LogP contribution in [0.2, 0.25) is 0 Å². The number of fused-ring (bicyclic) bond motifs is 1. The van der Waals surface area contributed by atoms with Crippen molar-refractivity contribution in [3.63, 3.8) is 0 Å². The van der Waals surface area contributed by atoms with Gasteiger partial charge in [0.1, 0.15) is 11.6 Å². The van der Waals surface area contributed by atoms with Crippen molar-refractivity contribution >= 4 is 23.0 Å². The molecule has 156 valence electrons. The summed E-state index contributed by atoms with van der Waals surface area (Å²) in [5, 5.41) is 5.11. The first-order chi connectivity index (χ1) is 15.1. The summed E-state index contributed by atoms with van der Waals surface area (Å²) in [6.45, 7) is 0.592. The number of nitrogens with one attached hydrogen (secondary N) is 1. The van der Waals surface area contributed by atoms with Gasteiger partial charge in [0.25, 0.3) is 0 Å². The molecule has 0 atom stereocenters. The summed E-state index contributed by atoms with van der Waals surface area (Å²) in [6.07, 6.45) is 3.82. The molecule has 0 saturated heterocycles. The second kappa shape index (κ2) is 9.26. The first-order valence-corrected chi connectivity index (χ1v) is 9.89. The van der Waals surface area contributed by atoms with Crippen LogP contribution in [0.1, 0.15) is 16.7 Å². The summed E-state index contributed by atoms with van der Waals surface area (Å²) in [4.78, 5) is 12.1. The van der Waals surface area contributed by atoms with Crippen LogP contribution >= 0.6 is 0 Å². The normalized spacial score (nSPS) is 11.2. The Morgan fingerprint density at radius 2 is 1.90 bits per heavy atom. The van der Waals surface area contributed by atoms with Crippen LogP contribution in [0.4, 0.5) is 4.39 Å². The van der Waals surface area contributed by atoms with E-state index < -0.39 is 0 Å². The summed E-state index contributed by atoms with van der Waals surface area (Å²) >= 11 is 0. The highest BCUT2D eigenvalue weighted by Gasteiger charge is 2.05. The number of methoxy groups -OCH3 is 1. The molecular weight excluding hydrogens is 393 g/mol. The number of nitrogens with zero attached hydrogens (tertiary/aromatic N) is 2. The van der Waals surface area contributed by atoms with Gasteiger partial charge in [-0.05, 0) is 59.2 Å². The third-order valence-corrected chi connectivity index (χ3v) is 4.94. The number of hydrogen-bond acceptors (Lipinski definition) is 3. The number of hydrazone groups is 1. The van der Waals surface area contributed by atoms with Crippen molar-refractivity contribution in [2.45, 2.75) is 13.0 Å². The molecule has 0 unspecified atom stereocenters. The van der Waals surface area contributed by atoms with Crippen molar-refractivity contribution in [1.29, 1.82) is 0 Å². The summed E-state index contributed by atoms with van der Waals surface area (Å²) in [5.41, 5.74) is 6.23. The third kappa shape index (κ3) is 5.17. The molecule has 0 spiro atoms. The summed E-state index contributed by atoms with van der Waals surface area (Å²) in [6, 6.07) is 21.9. The van der Waals surface area contributed by atoms with Crippen LogP contribution < -0.4 is 10.2 Å². The lowest BCUT2D eigenvalue weighted by molar-refractivity contribution is -0.120. The Morgan fingerprint density at radius 1 is 1.06 bits per heavy atom. The Bertz CT molecular complexity index is 1250. The molecule has 0 aliphatic rings. The number of rotatable bonds is 7. The van der Waals surface area contributed by atoms with Gasteiger partial charge in [0.15, 0.2) is 0 Å². The van der Waals surface area contributed by atoms with E-state index in [1.165, 1.54) is 6.07 Å². The number of carbonyl (C=O) groups is 1. The van der Waals surface area contributed by atoms with Crippen molar-refractivity contribution in [1.82, 2.24) is 9.99 Å². The van der Waals surface area contributed by atoms with Crippen LogP contribution in [0.15, 0.2) is 84.1 Å². The minimum atomic E-state index is -0.235. The monoisotopic (exact) mass is 415 g/mol. The summed E-state index contributed by atoms with van der Waals surface area (Å²) in [7, 11) is 1.59. The fraction of sp³-hybridized carbons (Fsp3) is 0.120. The Balaban J connectivity index is 1.39. The highest BCUT2D eigenvalue weighted by atomic mass is 19.1. The SMILES string of the molecule is COc1cccc(CC(=O)N/N=C\c2ccc3c(ccn3Cc3cccc(F)c3)c2)c1. The lowest BCUT2D eigenvalue weighted by Gasteiger charge is -2.06.